The minimum Gasteiger partial charge on any atom is -0.493 e. The summed E-state index contributed by atoms with van der Waals surface area (Å²) in [6, 6.07) is 13.2. The summed E-state index contributed by atoms with van der Waals surface area (Å²) >= 11 is 4.57. The summed E-state index contributed by atoms with van der Waals surface area (Å²) in [6.07, 6.45) is 1.50. The van der Waals surface area contributed by atoms with Crippen molar-refractivity contribution in [3.05, 3.63) is 63.7 Å². The molecule has 3 rings (SSSR count). The van der Waals surface area contributed by atoms with Crippen LogP contribution in [-0.4, -0.2) is 18.3 Å². The van der Waals surface area contributed by atoms with Crippen molar-refractivity contribution in [1.82, 2.24) is 4.98 Å². The Morgan fingerprint density at radius 2 is 2.04 bits per heavy atom. The van der Waals surface area contributed by atoms with E-state index in [1.807, 2.05) is 35.7 Å². The summed E-state index contributed by atoms with van der Waals surface area (Å²) in [5, 5.41) is 6.71. The first kappa shape index (κ1) is 16.6. The van der Waals surface area contributed by atoms with Crippen LogP contribution in [0.3, 0.4) is 0 Å². The molecule has 1 N–H and O–H groups in total. The van der Waals surface area contributed by atoms with Gasteiger partial charge in [0.25, 0.3) is 0 Å². The molecule has 0 aliphatic carbocycles. The third-order valence-corrected chi connectivity index (χ3v) is 4.58. The normalized spacial score (nSPS) is 11.0. The van der Waals surface area contributed by atoms with Crippen LogP contribution in [0.4, 0.5) is 9.52 Å². The van der Waals surface area contributed by atoms with Crippen LogP contribution in [0.2, 0.25) is 0 Å². The molecule has 0 spiro atoms. The van der Waals surface area contributed by atoms with Crippen molar-refractivity contribution in [3.8, 4) is 17.0 Å². The summed E-state index contributed by atoms with van der Waals surface area (Å²) in [4.78, 5) is 4.47. The number of hydrazone groups is 1. The van der Waals surface area contributed by atoms with Crippen LogP contribution >= 0.6 is 27.3 Å². The number of hydrogen-bond acceptors (Lipinski definition) is 5. The Labute approximate surface area is 151 Å². The average Bonchev–Trinajstić information content (AvgIpc) is 3.08. The van der Waals surface area contributed by atoms with Crippen LogP contribution in [0.25, 0.3) is 11.3 Å². The lowest BCUT2D eigenvalue weighted by Crippen LogP contribution is -1.97. The molecule has 4 nitrogen and oxygen atoms in total. The lowest BCUT2D eigenvalue weighted by Gasteiger charge is -2.06. The lowest BCUT2D eigenvalue weighted by molar-refractivity contribution is 0.384. The fraction of sp³-hybridized carbons (Fsp3) is 0.0588. The Balaban J connectivity index is 1.74. The third-order valence-electron chi connectivity index (χ3n) is 3.22. The van der Waals surface area contributed by atoms with Gasteiger partial charge in [-0.15, -0.1) is 11.3 Å². The molecule has 0 aliphatic rings. The highest BCUT2D eigenvalue weighted by Crippen LogP contribution is 2.28. The fourth-order valence-electron chi connectivity index (χ4n) is 2.08. The molecule has 0 atom stereocenters. The van der Waals surface area contributed by atoms with Crippen molar-refractivity contribution in [2.45, 2.75) is 0 Å². The van der Waals surface area contributed by atoms with E-state index in [0.29, 0.717) is 15.2 Å². The van der Waals surface area contributed by atoms with Crippen molar-refractivity contribution in [1.29, 1.82) is 0 Å². The lowest BCUT2D eigenvalue weighted by atomic mass is 10.2. The minimum absolute atomic E-state index is 0.138. The first-order chi connectivity index (χ1) is 11.7. The number of methoxy groups -OCH3 is 1. The van der Waals surface area contributed by atoms with Gasteiger partial charge in [0.2, 0.25) is 5.13 Å². The molecule has 1 aromatic heterocycles. The Morgan fingerprint density at radius 1 is 1.25 bits per heavy atom. The number of anilines is 1. The highest BCUT2D eigenvalue weighted by molar-refractivity contribution is 9.10. The Morgan fingerprint density at radius 3 is 2.79 bits per heavy atom. The quantitative estimate of drug-likeness (QED) is 0.470. The molecule has 0 aliphatic heterocycles. The molecule has 0 radical (unpaired) electrons. The molecule has 0 fully saturated rings. The van der Waals surface area contributed by atoms with E-state index < -0.39 is 5.82 Å². The minimum atomic E-state index is -0.456. The van der Waals surface area contributed by atoms with E-state index in [1.54, 1.807) is 12.1 Å². The molecule has 2 aromatic carbocycles. The summed E-state index contributed by atoms with van der Waals surface area (Å²) in [6.45, 7) is 0. The van der Waals surface area contributed by atoms with Crippen LogP contribution in [0, 0.1) is 5.82 Å². The van der Waals surface area contributed by atoms with Crippen LogP contribution in [-0.2, 0) is 0 Å². The largest absolute Gasteiger partial charge is 0.493 e. The zero-order chi connectivity index (χ0) is 16.9. The Hall–Kier alpha value is -2.25. The molecule has 0 unspecified atom stereocenters. The molecule has 7 heteroatoms. The standard InChI is InChI=1S/C17H13BrFN3OS/c1-23-16-12(7-8-13(18)15(16)19)9-20-22-17-21-14(10-24-17)11-5-3-2-4-6-11/h2-10H,1H3,(H,21,22). The van der Waals surface area contributed by atoms with Crippen molar-refractivity contribution in [2.75, 3.05) is 12.5 Å². The van der Waals surface area contributed by atoms with E-state index in [9.17, 15) is 4.39 Å². The van der Waals surface area contributed by atoms with Crippen molar-refractivity contribution < 1.29 is 9.13 Å². The van der Waals surface area contributed by atoms with Crippen molar-refractivity contribution in [3.63, 3.8) is 0 Å². The second-order valence-corrected chi connectivity index (χ2v) is 6.47. The number of nitrogens with zero attached hydrogens (tertiary/aromatic N) is 2. The van der Waals surface area contributed by atoms with Gasteiger partial charge < -0.3 is 4.74 Å². The first-order valence-electron chi connectivity index (χ1n) is 7.01. The van der Waals surface area contributed by atoms with E-state index in [0.717, 1.165) is 11.3 Å². The van der Waals surface area contributed by atoms with E-state index >= 15 is 0 Å². The summed E-state index contributed by atoms with van der Waals surface area (Å²) in [5.41, 5.74) is 5.31. The second kappa shape index (κ2) is 7.55. The third kappa shape index (κ3) is 3.63. The maximum atomic E-state index is 13.9. The predicted octanol–water partition coefficient (Wildman–Crippen LogP) is 5.17. The first-order valence-corrected chi connectivity index (χ1v) is 8.68. The van der Waals surface area contributed by atoms with E-state index in [2.05, 4.69) is 31.4 Å². The van der Waals surface area contributed by atoms with Gasteiger partial charge >= 0.3 is 0 Å². The van der Waals surface area contributed by atoms with E-state index in [-0.39, 0.29) is 5.75 Å². The number of halogens is 2. The summed E-state index contributed by atoms with van der Waals surface area (Å²) in [5.74, 6) is -0.318. The molecule has 122 valence electrons. The van der Waals surface area contributed by atoms with Crippen LogP contribution in [0.5, 0.6) is 5.75 Å². The van der Waals surface area contributed by atoms with Crippen LogP contribution < -0.4 is 10.2 Å². The summed E-state index contributed by atoms with van der Waals surface area (Å²) < 4.78 is 19.4. The monoisotopic (exact) mass is 405 g/mol. The topological polar surface area (TPSA) is 46.5 Å². The fourth-order valence-corrected chi connectivity index (χ4v) is 3.06. The number of nitrogens with one attached hydrogen (secondary N) is 1. The van der Waals surface area contributed by atoms with Crippen LogP contribution in [0.1, 0.15) is 5.56 Å². The maximum Gasteiger partial charge on any atom is 0.203 e. The SMILES string of the molecule is COc1c(C=NNc2nc(-c3ccccc3)cs2)ccc(Br)c1F. The van der Waals surface area contributed by atoms with Gasteiger partial charge in [0, 0.05) is 16.5 Å². The Kier molecular flexibility index (Phi) is 5.22. The predicted molar refractivity (Wildman–Crippen MR) is 99.4 cm³/mol. The number of rotatable bonds is 5. The zero-order valence-electron chi connectivity index (χ0n) is 12.7. The molecule has 3 aromatic rings. The van der Waals surface area contributed by atoms with Gasteiger partial charge in [-0.3, -0.25) is 5.43 Å². The van der Waals surface area contributed by atoms with Gasteiger partial charge in [-0.2, -0.15) is 5.10 Å². The van der Waals surface area contributed by atoms with Gasteiger partial charge in [0.1, 0.15) is 0 Å². The number of aromatic nitrogens is 1. The van der Waals surface area contributed by atoms with E-state index in [1.165, 1.54) is 24.7 Å². The van der Waals surface area contributed by atoms with Gasteiger partial charge in [0.15, 0.2) is 11.6 Å². The molecule has 24 heavy (non-hydrogen) atoms. The molecule has 1 heterocycles. The smallest absolute Gasteiger partial charge is 0.203 e. The highest BCUT2D eigenvalue weighted by atomic mass is 79.9. The summed E-state index contributed by atoms with van der Waals surface area (Å²) in [7, 11) is 1.42. The number of thiazole rings is 1. The van der Waals surface area contributed by atoms with Crippen molar-refractivity contribution >= 4 is 38.6 Å². The molecular weight excluding hydrogens is 393 g/mol. The van der Waals surface area contributed by atoms with Gasteiger partial charge in [0.05, 0.1) is 23.5 Å². The number of hydrogen-bond donors (Lipinski definition) is 1. The second-order valence-electron chi connectivity index (χ2n) is 4.76. The number of ether oxygens (including phenoxy) is 1. The zero-order valence-corrected chi connectivity index (χ0v) is 15.1. The molecule has 0 saturated carbocycles. The number of benzene rings is 2. The van der Waals surface area contributed by atoms with Gasteiger partial charge in [-0.05, 0) is 28.1 Å². The molecule has 0 amide bonds. The van der Waals surface area contributed by atoms with E-state index in [4.69, 9.17) is 4.74 Å². The van der Waals surface area contributed by atoms with Crippen LogP contribution in [0.15, 0.2) is 57.4 Å². The van der Waals surface area contributed by atoms with Crippen molar-refractivity contribution in [2.24, 2.45) is 5.10 Å². The van der Waals surface area contributed by atoms with Gasteiger partial charge in [-0.25, -0.2) is 9.37 Å². The van der Waals surface area contributed by atoms with Gasteiger partial charge in [-0.1, -0.05) is 30.3 Å². The maximum absolute atomic E-state index is 13.9. The highest BCUT2D eigenvalue weighted by Gasteiger charge is 2.11. The molecular formula is C17H13BrFN3OS. The molecule has 0 bridgehead atoms. The average molecular weight is 406 g/mol. The Bertz CT molecular complexity index is 868. The molecule has 0 saturated heterocycles.